The predicted octanol–water partition coefficient (Wildman–Crippen LogP) is 3.16. The molecule has 1 fully saturated rings. The van der Waals surface area contributed by atoms with Gasteiger partial charge in [0.2, 0.25) is 5.91 Å². The van der Waals surface area contributed by atoms with Gasteiger partial charge >= 0.3 is 0 Å². The van der Waals surface area contributed by atoms with Crippen molar-refractivity contribution in [2.45, 2.75) is 77.5 Å². The first-order valence-electron chi connectivity index (χ1n) is 9.14. The number of benzene rings is 1. The number of piperidine rings is 1. The Morgan fingerprint density at radius 2 is 1.96 bits per heavy atom. The van der Waals surface area contributed by atoms with Gasteiger partial charge in [0.05, 0.1) is 18.3 Å². The summed E-state index contributed by atoms with van der Waals surface area (Å²) in [6, 6.07) is 6.50. The fourth-order valence-corrected chi connectivity index (χ4v) is 4.32. The highest BCUT2D eigenvalue weighted by atomic mass is 16.1. The summed E-state index contributed by atoms with van der Waals surface area (Å²) in [5.74, 6) is 0.106. The van der Waals surface area contributed by atoms with Crippen LogP contribution in [0.1, 0.15) is 52.5 Å². The monoisotopic (exact) mass is 342 g/mol. The molecule has 5 nitrogen and oxygen atoms in total. The lowest BCUT2D eigenvalue weighted by atomic mass is 9.79. The first kappa shape index (κ1) is 17.9. The van der Waals surface area contributed by atoms with Crippen molar-refractivity contribution in [3.8, 4) is 0 Å². The number of carbonyl (C=O) groups is 1. The molecule has 0 radical (unpaired) electrons. The Kier molecular flexibility index (Phi) is 4.62. The van der Waals surface area contributed by atoms with Crippen LogP contribution in [-0.2, 0) is 11.3 Å². The largest absolute Gasteiger partial charge is 0.353 e. The minimum Gasteiger partial charge on any atom is -0.353 e. The molecule has 0 saturated carbocycles. The fourth-order valence-electron chi connectivity index (χ4n) is 4.32. The van der Waals surface area contributed by atoms with Crippen LogP contribution >= 0.6 is 0 Å². The number of rotatable bonds is 4. The van der Waals surface area contributed by atoms with Gasteiger partial charge in [0.25, 0.3) is 0 Å². The van der Waals surface area contributed by atoms with Gasteiger partial charge in [-0.1, -0.05) is 11.6 Å². The van der Waals surface area contributed by atoms with Crippen LogP contribution in [0.3, 0.4) is 0 Å². The van der Waals surface area contributed by atoms with Crippen LogP contribution in [0.15, 0.2) is 24.4 Å². The van der Waals surface area contributed by atoms with E-state index in [0.717, 1.165) is 23.7 Å². The van der Waals surface area contributed by atoms with Crippen LogP contribution in [-0.4, -0.2) is 32.8 Å². The van der Waals surface area contributed by atoms with Crippen molar-refractivity contribution in [1.82, 2.24) is 20.4 Å². The SMILES string of the molecule is Cc1ccc2c(cnn2CCC(=O)NC2CC(C)(C)NC(C)(C)C2)c1. The van der Waals surface area contributed by atoms with Crippen LogP contribution in [0.5, 0.6) is 0 Å². The lowest BCUT2D eigenvalue weighted by Gasteiger charge is -2.46. The molecule has 1 saturated heterocycles. The molecule has 1 aromatic carbocycles. The molecule has 0 bridgehead atoms. The maximum Gasteiger partial charge on any atom is 0.222 e. The average Bonchev–Trinajstić information content (AvgIpc) is 2.83. The summed E-state index contributed by atoms with van der Waals surface area (Å²) < 4.78 is 1.92. The van der Waals surface area contributed by atoms with E-state index in [2.05, 4.69) is 68.6 Å². The van der Waals surface area contributed by atoms with Gasteiger partial charge in [-0.05, 0) is 59.6 Å². The maximum absolute atomic E-state index is 12.4. The Bertz CT molecular complexity index is 759. The summed E-state index contributed by atoms with van der Waals surface area (Å²) in [6.45, 7) is 11.5. The quantitative estimate of drug-likeness (QED) is 0.897. The van der Waals surface area contributed by atoms with Crippen LogP contribution < -0.4 is 10.6 Å². The second kappa shape index (κ2) is 6.45. The van der Waals surface area contributed by atoms with E-state index in [1.807, 2.05) is 10.9 Å². The molecule has 0 spiro atoms. The van der Waals surface area contributed by atoms with Crippen LogP contribution in [0, 0.1) is 6.92 Å². The maximum atomic E-state index is 12.4. The zero-order valence-corrected chi connectivity index (χ0v) is 16.0. The number of nitrogens with one attached hydrogen (secondary N) is 2. The number of hydrogen-bond acceptors (Lipinski definition) is 3. The second-order valence-corrected chi connectivity index (χ2v) is 8.75. The summed E-state index contributed by atoms with van der Waals surface area (Å²) in [7, 11) is 0. The molecule has 1 aliphatic heterocycles. The Morgan fingerprint density at radius 3 is 2.64 bits per heavy atom. The molecule has 136 valence electrons. The minimum atomic E-state index is 0.0374. The van der Waals surface area contributed by atoms with E-state index in [1.54, 1.807) is 0 Å². The molecular formula is C20H30N4O. The van der Waals surface area contributed by atoms with Gasteiger partial charge in [0, 0.05) is 28.9 Å². The van der Waals surface area contributed by atoms with E-state index in [1.165, 1.54) is 5.56 Å². The van der Waals surface area contributed by atoms with E-state index in [0.29, 0.717) is 13.0 Å². The molecular weight excluding hydrogens is 312 g/mol. The molecule has 2 heterocycles. The number of aryl methyl sites for hydroxylation is 2. The highest BCUT2D eigenvalue weighted by Gasteiger charge is 2.38. The van der Waals surface area contributed by atoms with Gasteiger partial charge < -0.3 is 10.6 Å². The van der Waals surface area contributed by atoms with Gasteiger partial charge in [-0.3, -0.25) is 9.48 Å². The highest BCUT2D eigenvalue weighted by Crippen LogP contribution is 2.28. The van der Waals surface area contributed by atoms with Gasteiger partial charge in [-0.2, -0.15) is 5.10 Å². The van der Waals surface area contributed by atoms with E-state index in [4.69, 9.17) is 0 Å². The zero-order chi connectivity index (χ0) is 18.2. The number of nitrogens with zero attached hydrogens (tertiary/aromatic N) is 2. The summed E-state index contributed by atoms with van der Waals surface area (Å²) in [5, 5.41) is 12.4. The standard InChI is InChI=1S/C20H30N4O/c1-14-6-7-17-15(10-14)13-21-24(17)9-8-18(25)22-16-11-19(2,3)23-20(4,5)12-16/h6-7,10,13,16,23H,8-9,11-12H2,1-5H3,(H,22,25). The Labute approximate surface area is 150 Å². The van der Waals surface area contributed by atoms with Crippen molar-refractivity contribution >= 4 is 16.8 Å². The van der Waals surface area contributed by atoms with Crippen molar-refractivity contribution in [2.75, 3.05) is 0 Å². The number of amides is 1. The summed E-state index contributed by atoms with van der Waals surface area (Å²) in [4.78, 5) is 12.4. The number of carbonyl (C=O) groups excluding carboxylic acids is 1. The molecule has 0 atom stereocenters. The normalized spacial score (nSPS) is 19.9. The van der Waals surface area contributed by atoms with Crippen molar-refractivity contribution < 1.29 is 4.79 Å². The predicted molar refractivity (Wildman–Crippen MR) is 102 cm³/mol. The third kappa shape index (κ3) is 4.40. The first-order chi connectivity index (χ1) is 11.6. The number of hydrogen-bond donors (Lipinski definition) is 2. The second-order valence-electron chi connectivity index (χ2n) is 8.75. The van der Waals surface area contributed by atoms with Gasteiger partial charge in [-0.25, -0.2) is 0 Å². The first-order valence-corrected chi connectivity index (χ1v) is 9.14. The number of fused-ring (bicyclic) bond motifs is 1. The van der Waals surface area contributed by atoms with Gasteiger partial charge in [-0.15, -0.1) is 0 Å². The fraction of sp³-hybridized carbons (Fsp3) is 0.600. The molecule has 5 heteroatoms. The van der Waals surface area contributed by atoms with Crippen LogP contribution in [0.4, 0.5) is 0 Å². The molecule has 25 heavy (non-hydrogen) atoms. The van der Waals surface area contributed by atoms with E-state index >= 15 is 0 Å². The Balaban J connectivity index is 1.59. The highest BCUT2D eigenvalue weighted by molar-refractivity contribution is 5.80. The molecule has 2 N–H and O–H groups in total. The third-order valence-electron chi connectivity index (χ3n) is 4.90. The topological polar surface area (TPSA) is 59.0 Å². The van der Waals surface area contributed by atoms with Crippen molar-refractivity contribution in [2.24, 2.45) is 0 Å². The summed E-state index contributed by atoms with van der Waals surface area (Å²) in [6.07, 6.45) is 4.23. The van der Waals surface area contributed by atoms with E-state index in [-0.39, 0.29) is 23.0 Å². The summed E-state index contributed by atoms with van der Waals surface area (Å²) >= 11 is 0. The molecule has 1 amide bonds. The van der Waals surface area contributed by atoms with Crippen LogP contribution in [0.25, 0.3) is 10.9 Å². The number of aromatic nitrogens is 2. The molecule has 3 rings (SSSR count). The summed E-state index contributed by atoms with van der Waals surface area (Å²) in [5.41, 5.74) is 2.38. The molecule has 1 aliphatic rings. The average molecular weight is 342 g/mol. The van der Waals surface area contributed by atoms with E-state index in [9.17, 15) is 4.79 Å². The Morgan fingerprint density at radius 1 is 1.28 bits per heavy atom. The molecule has 0 unspecified atom stereocenters. The van der Waals surface area contributed by atoms with Crippen molar-refractivity contribution in [3.05, 3.63) is 30.0 Å². The van der Waals surface area contributed by atoms with Crippen LogP contribution in [0.2, 0.25) is 0 Å². The van der Waals surface area contributed by atoms with Crippen molar-refractivity contribution in [1.29, 1.82) is 0 Å². The van der Waals surface area contributed by atoms with Crippen molar-refractivity contribution in [3.63, 3.8) is 0 Å². The lowest BCUT2D eigenvalue weighted by molar-refractivity contribution is -0.122. The van der Waals surface area contributed by atoms with E-state index < -0.39 is 0 Å². The molecule has 2 aromatic rings. The smallest absolute Gasteiger partial charge is 0.222 e. The molecule has 1 aromatic heterocycles. The zero-order valence-electron chi connectivity index (χ0n) is 16.0. The van der Waals surface area contributed by atoms with Gasteiger partial charge in [0.1, 0.15) is 0 Å². The minimum absolute atomic E-state index is 0.0374. The van der Waals surface area contributed by atoms with Gasteiger partial charge in [0.15, 0.2) is 0 Å². The lowest BCUT2D eigenvalue weighted by Crippen LogP contribution is -2.62. The third-order valence-corrected chi connectivity index (χ3v) is 4.90. The molecule has 0 aliphatic carbocycles. The Hall–Kier alpha value is -1.88.